The SMILES string of the molecule is O=C(CN1CCC(c2nnc3ccccn23)CC1)Nc1ccccc1-c1ccccc1. The van der Waals surface area contributed by atoms with Crippen LogP contribution in [0.4, 0.5) is 5.69 Å². The van der Waals surface area contributed by atoms with E-state index in [1.807, 2.05) is 66.9 Å². The molecule has 0 unspecified atom stereocenters. The first kappa shape index (κ1) is 19.5. The van der Waals surface area contributed by atoms with Crippen LogP contribution >= 0.6 is 0 Å². The zero-order valence-electron chi connectivity index (χ0n) is 17.3. The normalized spacial score (nSPS) is 15.2. The van der Waals surface area contributed by atoms with Crippen LogP contribution in [0.25, 0.3) is 16.8 Å². The van der Waals surface area contributed by atoms with Crippen molar-refractivity contribution in [3.05, 3.63) is 84.8 Å². The van der Waals surface area contributed by atoms with E-state index in [1.165, 1.54) is 0 Å². The van der Waals surface area contributed by atoms with E-state index in [-0.39, 0.29) is 5.91 Å². The van der Waals surface area contributed by atoms with E-state index >= 15 is 0 Å². The molecule has 1 fully saturated rings. The van der Waals surface area contributed by atoms with E-state index in [2.05, 4.69) is 36.9 Å². The van der Waals surface area contributed by atoms with Gasteiger partial charge >= 0.3 is 0 Å². The summed E-state index contributed by atoms with van der Waals surface area (Å²) in [5, 5.41) is 11.8. The highest BCUT2D eigenvalue weighted by molar-refractivity contribution is 5.96. The number of carbonyl (C=O) groups is 1. The number of nitrogens with one attached hydrogen (secondary N) is 1. The number of para-hydroxylation sites is 1. The standard InChI is InChI=1S/C25H25N5O/c31-24(26-22-11-5-4-10-21(22)19-8-2-1-3-9-19)18-29-16-13-20(14-17-29)25-28-27-23-12-6-7-15-30(23)25/h1-12,15,20H,13-14,16-18H2,(H,26,31). The fourth-order valence-electron chi connectivity index (χ4n) is 4.34. The van der Waals surface area contributed by atoms with Gasteiger partial charge in [0.15, 0.2) is 5.65 Å². The average Bonchev–Trinajstić information content (AvgIpc) is 3.25. The molecule has 6 nitrogen and oxygen atoms in total. The van der Waals surface area contributed by atoms with Crippen molar-refractivity contribution >= 4 is 17.2 Å². The number of hydrogen-bond acceptors (Lipinski definition) is 4. The summed E-state index contributed by atoms with van der Waals surface area (Å²) in [6.45, 7) is 2.15. The van der Waals surface area contributed by atoms with Gasteiger partial charge in [0, 0.05) is 23.4 Å². The van der Waals surface area contributed by atoms with Gasteiger partial charge in [0.1, 0.15) is 5.82 Å². The van der Waals surface area contributed by atoms with E-state index in [4.69, 9.17) is 0 Å². The van der Waals surface area contributed by atoms with Crippen LogP contribution in [0, 0.1) is 0 Å². The van der Waals surface area contributed by atoms with Gasteiger partial charge in [0.2, 0.25) is 5.91 Å². The molecule has 5 rings (SSSR count). The quantitative estimate of drug-likeness (QED) is 0.534. The lowest BCUT2D eigenvalue weighted by molar-refractivity contribution is -0.117. The topological polar surface area (TPSA) is 62.5 Å². The molecule has 2 aromatic carbocycles. The molecular formula is C25H25N5O. The van der Waals surface area contributed by atoms with Gasteiger partial charge < -0.3 is 5.32 Å². The number of nitrogens with zero attached hydrogens (tertiary/aromatic N) is 4. The van der Waals surface area contributed by atoms with Crippen LogP contribution < -0.4 is 5.32 Å². The monoisotopic (exact) mass is 411 g/mol. The largest absolute Gasteiger partial charge is 0.324 e. The Balaban J connectivity index is 1.20. The van der Waals surface area contributed by atoms with Crippen molar-refractivity contribution in [3.8, 4) is 11.1 Å². The summed E-state index contributed by atoms with van der Waals surface area (Å²) in [5.74, 6) is 1.42. The number of piperidine rings is 1. The lowest BCUT2D eigenvalue weighted by Crippen LogP contribution is -2.39. The zero-order valence-corrected chi connectivity index (χ0v) is 17.3. The minimum atomic E-state index is 0.0229. The van der Waals surface area contributed by atoms with Crippen molar-refractivity contribution in [1.29, 1.82) is 0 Å². The molecule has 4 aromatic rings. The molecular weight excluding hydrogens is 386 g/mol. The Bertz CT molecular complexity index is 1180. The second-order valence-electron chi connectivity index (χ2n) is 8.00. The Morgan fingerprint density at radius 2 is 1.65 bits per heavy atom. The fourth-order valence-corrected chi connectivity index (χ4v) is 4.34. The van der Waals surface area contributed by atoms with Crippen LogP contribution in [0.15, 0.2) is 79.0 Å². The number of likely N-dealkylation sites (tertiary alicyclic amines) is 1. The van der Waals surface area contributed by atoms with E-state index in [0.717, 1.165) is 54.2 Å². The summed E-state index contributed by atoms with van der Waals surface area (Å²) < 4.78 is 2.08. The first-order valence-electron chi connectivity index (χ1n) is 10.7. The Hall–Kier alpha value is -3.51. The molecule has 0 spiro atoms. The van der Waals surface area contributed by atoms with E-state index in [0.29, 0.717) is 12.5 Å². The highest BCUT2D eigenvalue weighted by Gasteiger charge is 2.25. The fraction of sp³-hybridized carbons (Fsp3) is 0.240. The van der Waals surface area contributed by atoms with Gasteiger partial charge in [0.05, 0.1) is 6.54 Å². The van der Waals surface area contributed by atoms with E-state index < -0.39 is 0 Å². The van der Waals surface area contributed by atoms with Gasteiger partial charge in [-0.05, 0) is 49.7 Å². The van der Waals surface area contributed by atoms with Gasteiger partial charge in [0.25, 0.3) is 0 Å². The molecule has 0 atom stereocenters. The molecule has 2 aromatic heterocycles. The molecule has 3 heterocycles. The second kappa shape index (κ2) is 8.70. The molecule has 1 amide bonds. The molecule has 1 aliphatic rings. The number of carbonyl (C=O) groups excluding carboxylic acids is 1. The summed E-state index contributed by atoms with van der Waals surface area (Å²) in [5.41, 5.74) is 3.87. The maximum absolute atomic E-state index is 12.8. The Kier molecular flexibility index (Phi) is 5.46. The maximum Gasteiger partial charge on any atom is 0.238 e. The summed E-state index contributed by atoms with van der Waals surface area (Å²) in [4.78, 5) is 15.0. The number of anilines is 1. The predicted molar refractivity (Wildman–Crippen MR) is 122 cm³/mol. The van der Waals surface area contributed by atoms with Gasteiger partial charge in [-0.1, -0.05) is 54.6 Å². The molecule has 6 heteroatoms. The molecule has 1 N–H and O–H groups in total. The molecule has 1 saturated heterocycles. The van der Waals surface area contributed by atoms with Crippen molar-refractivity contribution in [2.75, 3.05) is 25.0 Å². The lowest BCUT2D eigenvalue weighted by atomic mass is 9.96. The highest BCUT2D eigenvalue weighted by atomic mass is 16.2. The average molecular weight is 412 g/mol. The number of fused-ring (bicyclic) bond motifs is 1. The first-order valence-corrected chi connectivity index (χ1v) is 10.7. The van der Waals surface area contributed by atoms with E-state index in [1.54, 1.807) is 0 Å². The first-order chi connectivity index (χ1) is 15.3. The molecule has 0 radical (unpaired) electrons. The van der Waals surface area contributed by atoms with Crippen LogP contribution in [-0.2, 0) is 4.79 Å². The number of benzene rings is 2. The number of hydrogen-bond donors (Lipinski definition) is 1. The Morgan fingerprint density at radius 1 is 0.903 bits per heavy atom. The smallest absolute Gasteiger partial charge is 0.238 e. The van der Waals surface area contributed by atoms with Crippen LogP contribution in [0.3, 0.4) is 0 Å². The minimum absolute atomic E-state index is 0.0229. The van der Waals surface area contributed by atoms with Crippen molar-refractivity contribution in [2.24, 2.45) is 0 Å². The van der Waals surface area contributed by atoms with Crippen LogP contribution in [0.2, 0.25) is 0 Å². The third kappa shape index (κ3) is 4.20. The number of pyridine rings is 1. The molecule has 0 bridgehead atoms. The molecule has 1 aliphatic heterocycles. The maximum atomic E-state index is 12.8. The predicted octanol–water partition coefficient (Wildman–Crippen LogP) is 4.21. The molecule has 156 valence electrons. The molecule has 0 saturated carbocycles. The van der Waals surface area contributed by atoms with Crippen molar-refractivity contribution in [1.82, 2.24) is 19.5 Å². The lowest BCUT2D eigenvalue weighted by Gasteiger charge is -2.30. The summed E-state index contributed by atoms with van der Waals surface area (Å²) >= 11 is 0. The number of amides is 1. The Morgan fingerprint density at radius 3 is 2.48 bits per heavy atom. The highest BCUT2D eigenvalue weighted by Crippen LogP contribution is 2.29. The zero-order chi connectivity index (χ0) is 21.0. The number of rotatable bonds is 5. The van der Waals surface area contributed by atoms with Crippen LogP contribution in [0.5, 0.6) is 0 Å². The summed E-state index contributed by atoms with van der Waals surface area (Å²) in [6, 6.07) is 24.0. The summed E-state index contributed by atoms with van der Waals surface area (Å²) in [6.07, 6.45) is 3.97. The second-order valence-corrected chi connectivity index (χ2v) is 8.00. The third-order valence-electron chi connectivity index (χ3n) is 5.95. The number of aromatic nitrogens is 3. The van der Waals surface area contributed by atoms with Gasteiger partial charge in [-0.3, -0.25) is 14.1 Å². The molecule has 0 aliphatic carbocycles. The third-order valence-corrected chi connectivity index (χ3v) is 5.95. The van der Waals surface area contributed by atoms with Crippen LogP contribution in [-0.4, -0.2) is 45.0 Å². The van der Waals surface area contributed by atoms with Gasteiger partial charge in [-0.15, -0.1) is 10.2 Å². The van der Waals surface area contributed by atoms with Crippen molar-refractivity contribution in [2.45, 2.75) is 18.8 Å². The van der Waals surface area contributed by atoms with Crippen molar-refractivity contribution in [3.63, 3.8) is 0 Å². The minimum Gasteiger partial charge on any atom is -0.324 e. The summed E-state index contributed by atoms with van der Waals surface area (Å²) in [7, 11) is 0. The molecule has 31 heavy (non-hydrogen) atoms. The van der Waals surface area contributed by atoms with Gasteiger partial charge in [-0.25, -0.2) is 0 Å². The van der Waals surface area contributed by atoms with Crippen LogP contribution in [0.1, 0.15) is 24.6 Å². The van der Waals surface area contributed by atoms with Gasteiger partial charge in [-0.2, -0.15) is 0 Å². The Labute approximate surface area is 181 Å². The van der Waals surface area contributed by atoms with E-state index in [9.17, 15) is 4.79 Å². The van der Waals surface area contributed by atoms with Crippen molar-refractivity contribution < 1.29 is 4.79 Å².